The highest BCUT2D eigenvalue weighted by Crippen LogP contribution is 2.19. The summed E-state index contributed by atoms with van der Waals surface area (Å²) < 4.78 is 5.70. The maximum Gasteiger partial charge on any atom is 0.224 e. The third kappa shape index (κ3) is 10.0. The molecule has 0 bridgehead atoms. The van der Waals surface area contributed by atoms with Crippen molar-refractivity contribution < 1.29 is 9.53 Å². The van der Waals surface area contributed by atoms with Crippen molar-refractivity contribution >= 4 is 30.7 Å². The number of rotatable bonds is 10. The predicted octanol–water partition coefficient (Wildman–Crippen LogP) is 2.64. The van der Waals surface area contributed by atoms with Gasteiger partial charge in [-0.3, -0.25) is 4.79 Å². The van der Waals surface area contributed by atoms with Gasteiger partial charge >= 0.3 is 0 Å². The van der Waals surface area contributed by atoms with Crippen molar-refractivity contribution in [2.75, 3.05) is 33.8 Å². The van der Waals surface area contributed by atoms with E-state index in [-0.39, 0.29) is 48.8 Å². The Balaban J connectivity index is 0. The molecule has 0 aliphatic heterocycles. The molecule has 1 aromatic carbocycles. The molecule has 3 unspecified atom stereocenters. The highest BCUT2D eigenvalue weighted by Gasteiger charge is 2.22. The Kier molecular flexibility index (Phi) is 15.1. The first-order chi connectivity index (χ1) is 11.0. The molecule has 1 rings (SSSR count). The van der Waals surface area contributed by atoms with Gasteiger partial charge in [0.05, 0.1) is 12.0 Å². The van der Waals surface area contributed by atoms with Crippen LogP contribution in [0.5, 0.6) is 0 Å². The Bertz CT molecular complexity index is 461. The van der Waals surface area contributed by atoms with Crippen molar-refractivity contribution in [1.29, 1.82) is 0 Å². The number of nitrogens with two attached hydrogens (primary N) is 1. The summed E-state index contributed by atoms with van der Waals surface area (Å²) in [6, 6.07) is 9.42. The number of hydrogen-bond donors (Lipinski definition) is 2. The number of carbonyl (C=O) groups excluding carboxylic acids is 1. The summed E-state index contributed by atoms with van der Waals surface area (Å²) in [5.74, 6) is -0.315. The zero-order valence-corrected chi connectivity index (χ0v) is 17.2. The van der Waals surface area contributed by atoms with E-state index in [2.05, 4.69) is 10.2 Å². The van der Waals surface area contributed by atoms with E-state index < -0.39 is 0 Å². The summed E-state index contributed by atoms with van der Waals surface area (Å²) in [4.78, 5) is 14.5. The van der Waals surface area contributed by atoms with Gasteiger partial charge in [0.2, 0.25) is 5.91 Å². The quantitative estimate of drug-likeness (QED) is 0.640. The molecule has 1 amide bonds. The number of nitrogens with zero attached hydrogens (tertiary/aromatic N) is 1. The van der Waals surface area contributed by atoms with Gasteiger partial charge in [0.1, 0.15) is 0 Å². The van der Waals surface area contributed by atoms with Crippen molar-refractivity contribution in [1.82, 2.24) is 10.2 Å². The first-order valence-corrected chi connectivity index (χ1v) is 8.30. The fourth-order valence-electron chi connectivity index (χ4n) is 2.38. The van der Waals surface area contributed by atoms with Crippen LogP contribution >= 0.6 is 24.8 Å². The molecule has 0 fully saturated rings. The molecule has 1 aromatic rings. The van der Waals surface area contributed by atoms with Gasteiger partial charge in [-0.2, -0.15) is 0 Å². The summed E-state index contributed by atoms with van der Waals surface area (Å²) in [5, 5.41) is 2.98. The molecule has 0 aromatic heterocycles. The Morgan fingerprint density at radius 1 is 1.24 bits per heavy atom. The molecule has 0 spiro atoms. The topological polar surface area (TPSA) is 67.6 Å². The Labute approximate surface area is 164 Å². The lowest BCUT2D eigenvalue weighted by Gasteiger charge is -2.23. The highest BCUT2D eigenvalue weighted by atomic mass is 35.5. The maximum absolute atomic E-state index is 12.3. The number of halogens is 2. The lowest BCUT2D eigenvalue weighted by Crippen LogP contribution is -2.40. The number of nitrogens with one attached hydrogen (secondary N) is 1. The van der Waals surface area contributed by atoms with E-state index in [1.54, 1.807) is 0 Å². The second-order valence-electron chi connectivity index (χ2n) is 6.14. The van der Waals surface area contributed by atoms with Gasteiger partial charge in [-0.25, -0.2) is 0 Å². The van der Waals surface area contributed by atoms with Gasteiger partial charge in [0, 0.05) is 25.7 Å². The molecular weight excluding hydrogens is 361 g/mol. The van der Waals surface area contributed by atoms with Crippen LogP contribution in [-0.2, 0) is 9.53 Å². The number of ether oxygens (including phenoxy) is 1. The average molecular weight is 394 g/mol. The summed E-state index contributed by atoms with van der Waals surface area (Å²) in [5.41, 5.74) is 7.18. The van der Waals surface area contributed by atoms with Crippen molar-refractivity contribution in [2.45, 2.75) is 32.4 Å². The van der Waals surface area contributed by atoms with Crippen molar-refractivity contribution in [3.05, 3.63) is 35.9 Å². The maximum atomic E-state index is 12.3. The normalized spacial score (nSPS) is 14.0. The van der Waals surface area contributed by atoms with Gasteiger partial charge in [-0.05, 0) is 33.0 Å². The fraction of sp³-hybridized carbons (Fsp3) is 0.611. The summed E-state index contributed by atoms with van der Waals surface area (Å²) in [6.07, 6.45) is 0.923. The summed E-state index contributed by atoms with van der Waals surface area (Å²) in [6.45, 7) is 5.93. The van der Waals surface area contributed by atoms with E-state index in [9.17, 15) is 4.79 Å². The number of hydrogen-bond acceptors (Lipinski definition) is 4. The van der Waals surface area contributed by atoms with Gasteiger partial charge in [0.25, 0.3) is 0 Å². The van der Waals surface area contributed by atoms with Crippen molar-refractivity contribution in [3.8, 4) is 0 Å². The molecule has 5 nitrogen and oxygen atoms in total. The average Bonchev–Trinajstić information content (AvgIpc) is 2.56. The first kappa shape index (κ1) is 26.4. The van der Waals surface area contributed by atoms with E-state index >= 15 is 0 Å². The van der Waals surface area contributed by atoms with Gasteiger partial charge < -0.3 is 20.7 Å². The largest absolute Gasteiger partial charge is 0.377 e. The number of benzene rings is 1. The minimum atomic E-state index is -0.302. The van der Waals surface area contributed by atoms with Crippen LogP contribution in [0.25, 0.3) is 0 Å². The SMILES string of the molecule is CCOC(CCN(C)C)CNC(=O)C(C)C(N)c1ccccc1.Cl.Cl. The van der Waals surface area contributed by atoms with E-state index in [0.29, 0.717) is 13.2 Å². The standard InChI is InChI=1S/C18H31N3O2.2ClH/c1-5-23-16(11-12-21(3)4)13-20-18(22)14(2)17(19)15-9-7-6-8-10-15;;/h6-10,14,16-17H,5,11-13,19H2,1-4H3,(H,20,22);2*1H. The molecule has 0 heterocycles. The van der Waals surface area contributed by atoms with E-state index in [0.717, 1.165) is 18.5 Å². The van der Waals surface area contributed by atoms with Gasteiger partial charge in [-0.1, -0.05) is 37.3 Å². The van der Waals surface area contributed by atoms with Crippen LogP contribution in [-0.4, -0.2) is 50.7 Å². The third-order valence-corrected chi connectivity index (χ3v) is 3.94. The molecule has 0 saturated carbocycles. The smallest absolute Gasteiger partial charge is 0.224 e. The van der Waals surface area contributed by atoms with Gasteiger partial charge in [-0.15, -0.1) is 24.8 Å². The van der Waals surface area contributed by atoms with E-state index in [1.807, 2.05) is 58.3 Å². The van der Waals surface area contributed by atoms with E-state index in [1.165, 1.54) is 0 Å². The molecule has 146 valence electrons. The van der Waals surface area contributed by atoms with Crippen molar-refractivity contribution in [3.63, 3.8) is 0 Å². The first-order valence-electron chi connectivity index (χ1n) is 8.30. The highest BCUT2D eigenvalue weighted by molar-refractivity contribution is 5.85. The van der Waals surface area contributed by atoms with Crippen molar-refractivity contribution in [2.24, 2.45) is 11.7 Å². The monoisotopic (exact) mass is 393 g/mol. The lowest BCUT2D eigenvalue weighted by atomic mass is 9.94. The summed E-state index contributed by atoms with van der Waals surface area (Å²) >= 11 is 0. The molecule has 3 N–H and O–H groups in total. The minimum absolute atomic E-state index is 0. The molecular formula is C18H33Cl2N3O2. The molecule has 0 aliphatic rings. The summed E-state index contributed by atoms with van der Waals surface area (Å²) in [7, 11) is 4.06. The van der Waals surface area contributed by atoms with Crippen LogP contribution in [0, 0.1) is 5.92 Å². The Morgan fingerprint density at radius 2 is 1.84 bits per heavy atom. The molecule has 7 heteroatoms. The minimum Gasteiger partial charge on any atom is -0.377 e. The second-order valence-corrected chi connectivity index (χ2v) is 6.14. The number of amides is 1. The molecule has 0 saturated heterocycles. The van der Waals surface area contributed by atoms with Crippen LogP contribution in [0.4, 0.5) is 0 Å². The molecule has 0 radical (unpaired) electrons. The van der Waals surface area contributed by atoms with Crippen LogP contribution in [0.2, 0.25) is 0 Å². The Morgan fingerprint density at radius 3 is 2.36 bits per heavy atom. The second kappa shape index (κ2) is 14.3. The molecule has 3 atom stereocenters. The lowest BCUT2D eigenvalue weighted by molar-refractivity contribution is -0.125. The van der Waals surface area contributed by atoms with Crippen LogP contribution in [0.15, 0.2) is 30.3 Å². The molecule has 0 aliphatic carbocycles. The Hall–Kier alpha value is -0.850. The van der Waals surface area contributed by atoms with Crippen LogP contribution < -0.4 is 11.1 Å². The van der Waals surface area contributed by atoms with Crippen LogP contribution in [0.1, 0.15) is 31.9 Å². The fourth-order valence-corrected chi connectivity index (χ4v) is 2.38. The van der Waals surface area contributed by atoms with E-state index in [4.69, 9.17) is 10.5 Å². The zero-order chi connectivity index (χ0) is 17.2. The van der Waals surface area contributed by atoms with Crippen LogP contribution in [0.3, 0.4) is 0 Å². The molecule has 25 heavy (non-hydrogen) atoms. The van der Waals surface area contributed by atoms with Gasteiger partial charge in [0.15, 0.2) is 0 Å². The zero-order valence-electron chi connectivity index (χ0n) is 15.6. The number of carbonyl (C=O) groups is 1. The predicted molar refractivity (Wildman–Crippen MR) is 109 cm³/mol. The third-order valence-electron chi connectivity index (χ3n) is 3.94.